The molecule has 1 saturated carbocycles. The van der Waals surface area contributed by atoms with Crippen molar-refractivity contribution in [2.24, 2.45) is 5.41 Å². The Bertz CT molecular complexity index is 152. The third kappa shape index (κ3) is 2.08. The lowest BCUT2D eigenvalue weighted by Gasteiger charge is -2.31. The Morgan fingerprint density at radius 2 is 1.91 bits per heavy atom. The molecule has 0 aromatic carbocycles. The van der Waals surface area contributed by atoms with Gasteiger partial charge >= 0.3 is 0 Å². The summed E-state index contributed by atoms with van der Waals surface area (Å²) in [5, 5.41) is -0.119. The minimum absolute atomic E-state index is 0.119. The van der Waals surface area contributed by atoms with Crippen LogP contribution >= 0.6 is 34.2 Å². The second kappa shape index (κ2) is 4.08. The fourth-order valence-electron chi connectivity index (χ4n) is 1.61. The first-order valence-electron chi connectivity index (χ1n) is 3.97. The lowest BCUT2D eigenvalue weighted by molar-refractivity contribution is -0.120. The van der Waals surface area contributed by atoms with Crippen LogP contribution in [0.2, 0.25) is 0 Å². The fraction of sp³-hybridized carbons (Fsp3) is 0.875. The maximum Gasteiger partial charge on any atom is 0.228 e. The minimum Gasteiger partial charge on any atom is -0.281 e. The van der Waals surface area contributed by atoms with Gasteiger partial charge in [-0.3, -0.25) is 4.79 Å². The maximum absolute atomic E-state index is 11.1. The molecule has 0 N–H and O–H groups in total. The van der Waals surface area contributed by atoms with Gasteiger partial charge in [-0.05, 0) is 24.4 Å². The van der Waals surface area contributed by atoms with Gasteiger partial charge in [-0.25, -0.2) is 0 Å². The fourth-order valence-corrected chi connectivity index (χ4v) is 3.20. The molecule has 0 amide bonds. The molecule has 0 atom stereocenters. The first kappa shape index (κ1) is 9.78. The molecule has 3 heteroatoms. The molecule has 0 unspecified atom stereocenters. The average Bonchev–Trinajstić information content (AvgIpc) is 2.05. The van der Waals surface area contributed by atoms with Crippen molar-refractivity contribution in [1.82, 2.24) is 0 Å². The summed E-state index contributed by atoms with van der Waals surface area (Å²) in [7, 11) is 0. The Labute approximate surface area is 86.0 Å². The number of rotatable bonds is 2. The molecule has 1 aliphatic carbocycles. The summed E-state index contributed by atoms with van der Waals surface area (Å²) in [6.45, 7) is 0. The predicted octanol–water partition coefficient (Wildman–Crippen LogP) is 3.14. The molecule has 0 heterocycles. The Morgan fingerprint density at radius 1 is 1.36 bits per heavy atom. The van der Waals surface area contributed by atoms with Crippen molar-refractivity contribution >= 4 is 39.4 Å². The minimum atomic E-state index is -0.166. The van der Waals surface area contributed by atoms with Gasteiger partial charge < -0.3 is 0 Å². The second-order valence-corrected chi connectivity index (χ2v) is 4.35. The zero-order chi connectivity index (χ0) is 8.32. The van der Waals surface area contributed by atoms with Gasteiger partial charge in [0.25, 0.3) is 0 Å². The van der Waals surface area contributed by atoms with E-state index in [4.69, 9.17) is 11.6 Å². The Balaban J connectivity index is 2.64. The molecule has 1 fully saturated rings. The number of alkyl halides is 1. The van der Waals surface area contributed by atoms with E-state index in [1.54, 1.807) is 0 Å². The molecular weight excluding hydrogens is 274 g/mol. The standard InChI is InChI=1S/C8H12ClIO/c9-7(11)8(6-10)4-2-1-3-5-8/h1-6H2. The number of hydrogen-bond acceptors (Lipinski definition) is 1. The summed E-state index contributed by atoms with van der Waals surface area (Å²) in [5.74, 6) is 0. The highest BCUT2D eigenvalue weighted by Crippen LogP contribution is 2.39. The SMILES string of the molecule is O=C(Cl)C1(CI)CCCCC1. The third-order valence-electron chi connectivity index (χ3n) is 2.48. The zero-order valence-electron chi connectivity index (χ0n) is 6.41. The summed E-state index contributed by atoms with van der Waals surface area (Å²) in [4.78, 5) is 11.1. The van der Waals surface area contributed by atoms with Crippen LogP contribution in [-0.4, -0.2) is 9.67 Å². The Hall–Kier alpha value is 0.690. The molecule has 0 aliphatic heterocycles. The monoisotopic (exact) mass is 286 g/mol. The molecule has 0 saturated heterocycles. The molecule has 1 nitrogen and oxygen atoms in total. The summed E-state index contributed by atoms with van der Waals surface area (Å²) < 4.78 is 0.882. The van der Waals surface area contributed by atoms with Gasteiger partial charge in [0.15, 0.2) is 0 Å². The highest BCUT2D eigenvalue weighted by molar-refractivity contribution is 14.1. The lowest BCUT2D eigenvalue weighted by atomic mass is 9.77. The van der Waals surface area contributed by atoms with Gasteiger partial charge in [0.05, 0.1) is 5.41 Å². The van der Waals surface area contributed by atoms with E-state index in [9.17, 15) is 4.79 Å². The van der Waals surface area contributed by atoms with Crippen molar-refractivity contribution < 1.29 is 4.79 Å². The molecule has 0 radical (unpaired) electrons. The average molecular weight is 287 g/mol. The van der Waals surface area contributed by atoms with Crippen LogP contribution < -0.4 is 0 Å². The van der Waals surface area contributed by atoms with Gasteiger partial charge in [-0.15, -0.1) is 0 Å². The predicted molar refractivity (Wildman–Crippen MR) is 55.3 cm³/mol. The van der Waals surface area contributed by atoms with E-state index in [0.717, 1.165) is 17.3 Å². The second-order valence-electron chi connectivity index (χ2n) is 3.25. The lowest BCUT2D eigenvalue weighted by Crippen LogP contribution is -2.31. The van der Waals surface area contributed by atoms with Crippen molar-refractivity contribution in [2.75, 3.05) is 4.43 Å². The molecule has 64 valence electrons. The number of carbonyl (C=O) groups excluding carboxylic acids is 1. The molecule has 0 aromatic heterocycles. The first-order valence-corrected chi connectivity index (χ1v) is 5.87. The normalized spacial score (nSPS) is 23.1. The van der Waals surface area contributed by atoms with Crippen molar-refractivity contribution in [3.05, 3.63) is 0 Å². The van der Waals surface area contributed by atoms with Crippen molar-refractivity contribution in [1.29, 1.82) is 0 Å². The van der Waals surface area contributed by atoms with Crippen molar-refractivity contribution in [3.63, 3.8) is 0 Å². The zero-order valence-corrected chi connectivity index (χ0v) is 9.32. The van der Waals surface area contributed by atoms with Crippen molar-refractivity contribution in [3.8, 4) is 0 Å². The van der Waals surface area contributed by atoms with Gasteiger partial charge in [0.1, 0.15) is 0 Å². The van der Waals surface area contributed by atoms with E-state index >= 15 is 0 Å². The van der Waals surface area contributed by atoms with E-state index in [-0.39, 0.29) is 10.7 Å². The largest absolute Gasteiger partial charge is 0.281 e. The van der Waals surface area contributed by atoms with Crippen LogP contribution in [0, 0.1) is 5.41 Å². The van der Waals surface area contributed by atoms with Crippen LogP contribution in [0.25, 0.3) is 0 Å². The molecular formula is C8H12ClIO. The quantitative estimate of drug-likeness (QED) is 0.433. The topological polar surface area (TPSA) is 17.1 Å². The molecule has 1 aliphatic rings. The molecule has 11 heavy (non-hydrogen) atoms. The van der Waals surface area contributed by atoms with E-state index in [1.807, 2.05) is 0 Å². The van der Waals surface area contributed by atoms with Crippen LogP contribution in [0.4, 0.5) is 0 Å². The van der Waals surface area contributed by atoms with E-state index < -0.39 is 0 Å². The number of carbonyl (C=O) groups is 1. The Morgan fingerprint density at radius 3 is 2.18 bits per heavy atom. The third-order valence-corrected chi connectivity index (χ3v) is 4.34. The summed E-state index contributed by atoms with van der Waals surface area (Å²) in [6.07, 6.45) is 5.60. The molecule has 0 bridgehead atoms. The van der Waals surface area contributed by atoms with Crippen LogP contribution in [0.3, 0.4) is 0 Å². The van der Waals surface area contributed by atoms with E-state index in [1.165, 1.54) is 19.3 Å². The van der Waals surface area contributed by atoms with Crippen LogP contribution in [0.15, 0.2) is 0 Å². The van der Waals surface area contributed by atoms with Gasteiger partial charge in [-0.1, -0.05) is 41.9 Å². The summed E-state index contributed by atoms with van der Waals surface area (Å²) in [6, 6.07) is 0. The number of hydrogen-bond donors (Lipinski definition) is 0. The van der Waals surface area contributed by atoms with E-state index in [2.05, 4.69) is 22.6 Å². The molecule has 1 rings (SSSR count). The van der Waals surface area contributed by atoms with Gasteiger partial charge in [0.2, 0.25) is 5.24 Å². The number of halogens is 2. The van der Waals surface area contributed by atoms with Crippen LogP contribution in [0.5, 0.6) is 0 Å². The van der Waals surface area contributed by atoms with Crippen molar-refractivity contribution in [2.45, 2.75) is 32.1 Å². The summed E-state index contributed by atoms with van der Waals surface area (Å²) >= 11 is 7.84. The summed E-state index contributed by atoms with van der Waals surface area (Å²) in [5.41, 5.74) is -0.166. The van der Waals surface area contributed by atoms with Crippen LogP contribution in [0.1, 0.15) is 32.1 Å². The van der Waals surface area contributed by atoms with Gasteiger partial charge in [-0.2, -0.15) is 0 Å². The maximum atomic E-state index is 11.1. The molecule has 0 spiro atoms. The van der Waals surface area contributed by atoms with Gasteiger partial charge in [0, 0.05) is 4.43 Å². The smallest absolute Gasteiger partial charge is 0.228 e. The highest BCUT2D eigenvalue weighted by atomic mass is 127. The van der Waals surface area contributed by atoms with Crippen LogP contribution in [-0.2, 0) is 4.79 Å². The first-order chi connectivity index (χ1) is 5.21. The molecule has 0 aromatic rings. The Kier molecular flexibility index (Phi) is 3.62. The van der Waals surface area contributed by atoms with E-state index in [0.29, 0.717) is 0 Å². The highest BCUT2D eigenvalue weighted by Gasteiger charge is 2.36.